The highest BCUT2D eigenvalue weighted by molar-refractivity contribution is 5.74. The van der Waals surface area contributed by atoms with Gasteiger partial charge >= 0.3 is 5.78 Å². The maximum atomic E-state index is 3.32. The van der Waals surface area contributed by atoms with E-state index in [4.69, 9.17) is 0 Å². The van der Waals surface area contributed by atoms with Gasteiger partial charge in [0.2, 0.25) is 0 Å². The monoisotopic (exact) mass is 248 g/mol. The first-order valence-electron chi connectivity index (χ1n) is 6.43. The highest BCUT2D eigenvalue weighted by Gasteiger charge is 2.17. The number of aromatic amines is 1. The fourth-order valence-electron chi connectivity index (χ4n) is 2.67. The Kier molecular flexibility index (Phi) is 2.18. The van der Waals surface area contributed by atoms with Gasteiger partial charge in [-0.05, 0) is 17.7 Å². The maximum Gasteiger partial charge on any atom is 0.367 e. The van der Waals surface area contributed by atoms with Gasteiger partial charge in [-0.3, -0.25) is 0 Å². The van der Waals surface area contributed by atoms with Crippen LogP contribution in [0.2, 0.25) is 0 Å². The third-order valence-electron chi connectivity index (χ3n) is 3.54. The third-order valence-corrected chi connectivity index (χ3v) is 3.54. The molecule has 0 aliphatic carbocycles. The number of rotatable bonds is 2. The Morgan fingerprint density at radius 3 is 2.63 bits per heavy atom. The van der Waals surface area contributed by atoms with Crippen molar-refractivity contribution in [2.45, 2.75) is 6.54 Å². The predicted molar refractivity (Wildman–Crippen MR) is 75.0 cm³/mol. The molecule has 2 heterocycles. The minimum absolute atomic E-state index is 0.873. The lowest BCUT2D eigenvalue weighted by atomic mass is 10.2. The van der Waals surface area contributed by atoms with Gasteiger partial charge in [-0.15, -0.1) is 0 Å². The average molecular weight is 248 g/mol. The molecule has 0 fully saturated rings. The number of imidazole rings is 2. The Morgan fingerprint density at radius 1 is 0.947 bits per heavy atom. The molecule has 4 aromatic rings. The van der Waals surface area contributed by atoms with E-state index in [9.17, 15) is 0 Å². The number of nitrogens with zero attached hydrogens (tertiary/aromatic N) is 2. The van der Waals surface area contributed by atoms with Crippen LogP contribution in [0.5, 0.6) is 0 Å². The van der Waals surface area contributed by atoms with Crippen molar-refractivity contribution in [1.82, 2.24) is 9.38 Å². The molecule has 0 aliphatic rings. The third kappa shape index (κ3) is 1.55. The van der Waals surface area contributed by atoms with E-state index in [1.54, 1.807) is 0 Å². The van der Waals surface area contributed by atoms with Crippen LogP contribution in [-0.4, -0.2) is 9.38 Å². The lowest BCUT2D eigenvalue weighted by molar-refractivity contribution is -0.638. The molecule has 0 aliphatic heterocycles. The van der Waals surface area contributed by atoms with Crippen molar-refractivity contribution in [3.63, 3.8) is 0 Å². The van der Waals surface area contributed by atoms with Crippen LogP contribution >= 0.6 is 0 Å². The SMILES string of the molecule is c1ccc(C[n+]2c3ccccc3n3cc[nH]c32)cc1. The lowest BCUT2D eigenvalue weighted by Gasteiger charge is -2.00. The van der Waals surface area contributed by atoms with Gasteiger partial charge in [-0.1, -0.05) is 42.5 Å². The van der Waals surface area contributed by atoms with Gasteiger partial charge in [0, 0.05) is 0 Å². The van der Waals surface area contributed by atoms with Crippen molar-refractivity contribution < 1.29 is 4.57 Å². The summed E-state index contributed by atoms with van der Waals surface area (Å²) in [4.78, 5) is 3.32. The molecule has 3 nitrogen and oxygen atoms in total. The van der Waals surface area contributed by atoms with E-state index in [1.807, 2.05) is 6.20 Å². The van der Waals surface area contributed by atoms with Crippen LogP contribution in [-0.2, 0) is 6.54 Å². The Morgan fingerprint density at radius 2 is 1.74 bits per heavy atom. The zero-order valence-corrected chi connectivity index (χ0v) is 10.5. The first-order valence-corrected chi connectivity index (χ1v) is 6.43. The van der Waals surface area contributed by atoms with Crippen LogP contribution in [0.4, 0.5) is 0 Å². The number of benzene rings is 2. The van der Waals surface area contributed by atoms with Gasteiger partial charge in [0.05, 0.1) is 12.7 Å². The normalized spacial score (nSPS) is 11.4. The van der Waals surface area contributed by atoms with Crippen LogP contribution in [0.1, 0.15) is 5.56 Å². The summed E-state index contributed by atoms with van der Waals surface area (Å²) >= 11 is 0. The summed E-state index contributed by atoms with van der Waals surface area (Å²) in [5, 5.41) is 0. The molecule has 0 saturated heterocycles. The van der Waals surface area contributed by atoms with E-state index in [2.05, 4.69) is 74.7 Å². The number of hydrogen-bond acceptors (Lipinski definition) is 0. The smallest absolute Gasteiger partial charge is 0.248 e. The average Bonchev–Trinajstić information content (AvgIpc) is 3.04. The van der Waals surface area contributed by atoms with Gasteiger partial charge < -0.3 is 0 Å². The molecular weight excluding hydrogens is 234 g/mol. The molecule has 0 spiro atoms. The van der Waals surface area contributed by atoms with Crippen molar-refractivity contribution in [2.75, 3.05) is 0 Å². The number of aromatic nitrogens is 3. The predicted octanol–water partition coefficient (Wildman–Crippen LogP) is 2.76. The molecule has 0 bridgehead atoms. The van der Waals surface area contributed by atoms with E-state index in [1.165, 1.54) is 16.6 Å². The zero-order chi connectivity index (χ0) is 12.7. The summed E-state index contributed by atoms with van der Waals surface area (Å²) in [7, 11) is 0. The lowest BCUT2D eigenvalue weighted by Crippen LogP contribution is -2.34. The molecule has 1 N–H and O–H groups in total. The minimum atomic E-state index is 0.873. The first-order chi connectivity index (χ1) is 9.43. The molecule has 0 unspecified atom stereocenters. The second kappa shape index (κ2) is 3.99. The molecule has 3 heteroatoms. The number of hydrogen-bond donors (Lipinski definition) is 1. The summed E-state index contributed by atoms with van der Waals surface area (Å²) in [6.45, 7) is 0.873. The number of nitrogens with one attached hydrogen (secondary N) is 1. The maximum absolute atomic E-state index is 3.32. The molecular formula is C16H14N3+. The highest BCUT2D eigenvalue weighted by atomic mass is 15.2. The second-order valence-corrected chi connectivity index (χ2v) is 4.71. The molecule has 2 aromatic heterocycles. The second-order valence-electron chi connectivity index (χ2n) is 4.71. The van der Waals surface area contributed by atoms with Gasteiger partial charge in [0.1, 0.15) is 17.2 Å². The van der Waals surface area contributed by atoms with Gasteiger partial charge in [-0.25, -0.2) is 9.55 Å². The van der Waals surface area contributed by atoms with Crippen molar-refractivity contribution in [3.05, 3.63) is 72.6 Å². The fraction of sp³-hybridized carbons (Fsp3) is 0.0625. The molecule has 0 radical (unpaired) electrons. The van der Waals surface area contributed by atoms with E-state index in [0.717, 1.165) is 12.3 Å². The van der Waals surface area contributed by atoms with E-state index in [0.29, 0.717) is 0 Å². The van der Waals surface area contributed by atoms with E-state index >= 15 is 0 Å². The van der Waals surface area contributed by atoms with Crippen LogP contribution in [0, 0.1) is 0 Å². The Bertz CT molecular complexity index is 840. The molecule has 0 saturated carbocycles. The molecule has 92 valence electrons. The Balaban J connectivity index is 1.98. The van der Waals surface area contributed by atoms with Crippen LogP contribution in [0.3, 0.4) is 0 Å². The van der Waals surface area contributed by atoms with Gasteiger partial charge in [0.15, 0.2) is 0 Å². The van der Waals surface area contributed by atoms with Crippen molar-refractivity contribution in [1.29, 1.82) is 0 Å². The first kappa shape index (κ1) is 10.4. The quantitative estimate of drug-likeness (QED) is 0.527. The number of H-pyrrole nitrogens is 1. The van der Waals surface area contributed by atoms with E-state index in [-0.39, 0.29) is 0 Å². The van der Waals surface area contributed by atoms with Crippen LogP contribution < -0.4 is 4.57 Å². The van der Waals surface area contributed by atoms with Gasteiger partial charge in [-0.2, -0.15) is 4.40 Å². The number of fused-ring (bicyclic) bond motifs is 3. The standard InChI is InChI=1S/C16H13N3/c1-2-6-13(7-3-1)12-19-15-9-5-4-8-14(15)18-11-10-17-16(18)19/h1-11H,12H2/p+1. The molecule has 0 atom stereocenters. The van der Waals surface area contributed by atoms with Crippen molar-refractivity contribution in [3.8, 4) is 0 Å². The van der Waals surface area contributed by atoms with E-state index < -0.39 is 0 Å². The summed E-state index contributed by atoms with van der Waals surface area (Å²) < 4.78 is 4.50. The Hall–Kier alpha value is -2.55. The van der Waals surface area contributed by atoms with Gasteiger partial charge in [0.25, 0.3) is 0 Å². The summed E-state index contributed by atoms with van der Waals surface area (Å²) in [5.74, 6) is 1.12. The van der Waals surface area contributed by atoms with Crippen LogP contribution in [0.15, 0.2) is 67.0 Å². The summed E-state index contributed by atoms with van der Waals surface area (Å²) in [6.07, 6.45) is 4.04. The molecule has 2 aromatic carbocycles. The molecule has 4 rings (SSSR count). The summed E-state index contributed by atoms with van der Waals surface area (Å²) in [6, 6.07) is 19.0. The minimum Gasteiger partial charge on any atom is -0.248 e. The largest absolute Gasteiger partial charge is 0.367 e. The van der Waals surface area contributed by atoms with Crippen molar-refractivity contribution >= 4 is 16.8 Å². The fourth-order valence-corrected chi connectivity index (χ4v) is 2.67. The molecule has 0 amide bonds. The van der Waals surface area contributed by atoms with Crippen LogP contribution in [0.25, 0.3) is 16.8 Å². The van der Waals surface area contributed by atoms with Crippen molar-refractivity contribution in [2.24, 2.45) is 0 Å². The summed E-state index contributed by atoms with van der Waals surface area (Å²) in [5.41, 5.74) is 3.79. The zero-order valence-electron chi connectivity index (χ0n) is 10.5. The topological polar surface area (TPSA) is 24.1 Å². The Labute approximate surface area is 110 Å². The number of para-hydroxylation sites is 2. The highest BCUT2D eigenvalue weighted by Crippen LogP contribution is 2.14. The molecule has 19 heavy (non-hydrogen) atoms.